The third-order valence-electron chi connectivity index (χ3n) is 6.57. The molecular weight excluding hydrogens is 428 g/mol. The Kier molecular flexibility index (Phi) is 7.25. The highest BCUT2D eigenvalue weighted by molar-refractivity contribution is 5.94. The van der Waals surface area contributed by atoms with Gasteiger partial charge >= 0.3 is 0 Å². The van der Waals surface area contributed by atoms with Crippen LogP contribution in [0.15, 0.2) is 47.1 Å². The fourth-order valence-corrected chi connectivity index (χ4v) is 4.73. The SMILES string of the molecule is CCOc1ccc(C(=O)N2CCC(NC(=O)Cc3coc4cc(C)c(C(C)C)cc34)CC2)cc1. The molecule has 34 heavy (non-hydrogen) atoms. The number of benzene rings is 2. The summed E-state index contributed by atoms with van der Waals surface area (Å²) in [4.78, 5) is 27.5. The van der Waals surface area contributed by atoms with Crippen molar-refractivity contribution in [3.63, 3.8) is 0 Å². The maximum absolute atomic E-state index is 12.8. The van der Waals surface area contributed by atoms with Crippen LogP contribution in [0.3, 0.4) is 0 Å². The van der Waals surface area contributed by atoms with E-state index in [4.69, 9.17) is 9.15 Å². The Hall–Kier alpha value is -3.28. The lowest BCUT2D eigenvalue weighted by Crippen LogP contribution is -2.46. The molecule has 0 spiro atoms. The van der Waals surface area contributed by atoms with Gasteiger partial charge in [-0.05, 0) is 80.1 Å². The fourth-order valence-electron chi connectivity index (χ4n) is 4.73. The molecule has 1 aromatic heterocycles. The highest BCUT2D eigenvalue weighted by atomic mass is 16.5. The maximum Gasteiger partial charge on any atom is 0.253 e. The second-order valence-corrected chi connectivity index (χ2v) is 9.39. The van der Waals surface area contributed by atoms with E-state index in [-0.39, 0.29) is 17.9 Å². The van der Waals surface area contributed by atoms with Crippen LogP contribution in [0.2, 0.25) is 0 Å². The molecule has 3 aromatic rings. The number of ether oxygens (including phenoxy) is 1. The predicted octanol–water partition coefficient (Wildman–Crippen LogP) is 5.23. The summed E-state index contributed by atoms with van der Waals surface area (Å²) in [5, 5.41) is 4.17. The smallest absolute Gasteiger partial charge is 0.253 e. The Morgan fingerprint density at radius 3 is 2.50 bits per heavy atom. The van der Waals surface area contributed by atoms with Gasteiger partial charge in [-0.1, -0.05) is 13.8 Å². The monoisotopic (exact) mass is 462 g/mol. The van der Waals surface area contributed by atoms with Crippen LogP contribution in [0.1, 0.15) is 66.6 Å². The van der Waals surface area contributed by atoms with Crippen LogP contribution in [0.4, 0.5) is 0 Å². The maximum atomic E-state index is 12.8. The van der Waals surface area contributed by atoms with E-state index in [1.54, 1.807) is 6.26 Å². The molecule has 1 aliphatic heterocycles. The molecule has 4 rings (SSSR count). The number of rotatable bonds is 7. The van der Waals surface area contributed by atoms with E-state index in [1.165, 1.54) is 11.1 Å². The summed E-state index contributed by atoms with van der Waals surface area (Å²) < 4.78 is 11.2. The van der Waals surface area contributed by atoms with Crippen LogP contribution < -0.4 is 10.1 Å². The molecule has 180 valence electrons. The number of carbonyl (C=O) groups is 2. The van der Waals surface area contributed by atoms with Gasteiger partial charge < -0.3 is 19.4 Å². The molecule has 1 fully saturated rings. The van der Waals surface area contributed by atoms with Gasteiger partial charge in [-0.2, -0.15) is 0 Å². The molecule has 0 unspecified atom stereocenters. The molecule has 2 amide bonds. The summed E-state index contributed by atoms with van der Waals surface area (Å²) in [6, 6.07) is 11.6. The molecule has 2 aromatic carbocycles. The van der Waals surface area contributed by atoms with E-state index >= 15 is 0 Å². The molecule has 0 bridgehead atoms. The topological polar surface area (TPSA) is 71.8 Å². The van der Waals surface area contributed by atoms with Gasteiger partial charge in [0.15, 0.2) is 0 Å². The molecule has 2 heterocycles. The molecule has 0 radical (unpaired) electrons. The third kappa shape index (κ3) is 5.27. The van der Waals surface area contributed by atoms with Crippen LogP contribution in [-0.4, -0.2) is 42.5 Å². The number of likely N-dealkylation sites (tertiary alicyclic amines) is 1. The molecule has 0 saturated carbocycles. The number of fused-ring (bicyclic) bond motifs is 1. The van der Waals surface area contributed by atoms with Gasteiger partial charge in [0.05, 0.1) is 19.3 Å². The van der Waals surface area contributed by atoms with E-state index < -0.39 is 0 Å². The zero-order valence-corrected chi connectivity index (χ0v) is 20.5. The summed E-state index contributed by atoms with van der Waals surface area (Å²) >= 11 is 0. The third-order valence-corrected chi connectivity index (χ3v) is 6.57. The van der Waals surface area contributed by atoms with Crippen LogP contribution >= 0.6 is 0 Å². The number of aryl methyl sites for hydroxylation is 1. The zero-order chi connectivity index (χ0) is 24.2. The minimum atomic E-state index is -0.00865. The first kappa shape index (κ1) is 23.9. The number of hydrogen-bond acceptors (Lipinski definition) is 4. The standard InChI is InChI=1S/C28H34N2O4/c1-5-33-23-8-6-20(7-9-23)28(32)30-12-10-22(11-13-30)29-27(31)15-21-17-34-26-14-19(4)24(18(2)3)16-25(21)26/h6-9,14,16-18,22H,5,10-13,15H2,1-4H3,(H,29,31). The Labute approximate surface area is 201 Å². The van der Waals surface area contributed by atoms with Crippen molar-refractivity contribution in [2.45, 2.75) is 58.9 Å². The van der Waals surface area contributed by atoms with Crippen molar-refractivity contribution < 1.29 is 18.7 Å². The highest BCUT2D eigenvalue weighted by Crippen LogP contribution is 2.29. The number of nitrogens with one attached hydrogen (secondary N) is 1. The van der Waals surface area contributed by atoms with Gasteiger partial charge in [-0.15, -0.1) is 0 Å². The zero-order valence-electron chi connectivity index (χ0n) is 20.5. The lowest BCUT2D eigenvalue weighted by atomic mass is 9.95. The Morgan fingerprint density at radius 1 is 1.15 bits per heavy atom. The van der Waals surface area contributed by atoms with Crippen molar-refractivity contribution in [3.8, 4) is 5.75 Å². The van der Waals surface area contributed by atoms with Crippen molar-refractivity contribution in [1.29, 1.82) is 0 Å². The molecule has 1 aliphatic rings. The summed E-state index contributed by atoms with van der Waals surface area (Å²) in [5.41, 5.74) is 4.89. The number of hydrogen-bond donors (Lipinski definition) is 1. The molecule has 6 heteroatoms. The van der Waals surface area contributed by atoms with E-state index in [1.807, 2.05) is 36.1 Å². The molecule has 0 atom stereocenters. The van der Waals surface area contributed by atoms with Gasteiger partial charge in [0.1, 0.15) is 11.3 Å². The largest absolute Gasteiger partial charge is 0.494 e. The van der Waals surface area contributed by atoms with E-state index in [0.717, 1.165) is 35.1 Å². The Bertz CT molecular complexity index is 1160. The molecule has 1 N–H and O–H groups in total. The first-order valence-corrected chi connectivity index (χ1v) is 12.2. The second kappa shape index (κ2) is 10.3. The van der Waals surface area contributed by atoms with Crippen molar-refractivity contribution >= 4 is 22.8 Å². The fraction of sp³-hybridized carbons (Fsp3) is 0.429. The van der Waals surface area contributed by atoms with Gasteiger partial charge in [0.25, 0.3) is 5.91 Å². The van der Waals surface area contributed by atoms with Crippen LogP contribution in [0.5, 0.6) is 5.75 Å². The van der Waals surface area contributed by atoms with Crippen LogP contribution in [0.25, 0.3) is 11.0 Å². The van der Waals surface area contributed by atoms with Gasteiger partial charge in [-0.25, -0.2) is 0 Å². The second-order valence-electron chi connectivity index (χ2n) is 9.39. The normalized spacial score (nSPS) is 14.6. The highest BCUT2D eigenvalue weighted by Gasteiger charge is 2.25. The summed E-state index contributed by atoms with van der Waals surface area (Å²) in [7, 11) is 0. The van der Waals surface area contributed by atoms with Crippen molar-refractivity contribution in [3.05, 3.63) is 64.9 Å². The minimum absolute atomic E-state index is 0.00865. The van der Waals surface area contributed by atoms with E-state index in [2.05, 4.69) is 38.2 Å². The summed E-state index contributed by atoms with van der Waals surface area (Å²) in [6.45, 7) is 10.2. The Balaban J connectivity index is 1.31. The number of carbonyl (C=O) groups excluding carboxylic acids is 2. The number of amides is 2. The van der Waals surface area contributed by atoms with Crippen molar-refractivity contribution in [2.24, 2.45) is 0 Å². The first-order chi connectivity index (χ1) is 16.4. The molecule has 6 nitrogen and oxygen atoms in total. The van der Waals surface area contributed by atoms with Crippen LogP contribution in [0, 0.1) is 6.92 Å². The average molecular weight is 463 g/mol. The number of piperidine rings is 1. The number of furan rings is 1. The predicted molar refractivity (Wildman–Crippen MR) is 133 cm³/mol. The summed E-state index contributed by atoms with van der Waals surface area (Å²) in [6.07, 6.45) is 3.49. The average Bonchev–Trinajstić information content (AvgIpc) is 3.20. The van der Waals surface area contributed by atoms with Crippen molar-refractivity contribution in [1.82, 2.24) is 10.2 Å². The Morgan fingerprint density at radius 2 is 1.85 bits per heavy atom. The van der Waals surface area contributed by atoms with E-state index in [9.17, 15) is 9.59 Å². The number of nitrogens with zero attached hydrogens (tertiary/aromatic N) is 1. The van der Waals surface area contributed by atoms with Crippen LogP contribution in [-0.2, 0) is 11.2 Å². The van der Waals surface area contributed by atoms with Crippen molar-refractivity contribution in [2.75, 3.05) is 19.7 Å². The lowest BCUT2D eigenvalue weighted by Gasteiger charge is -2.32. The first-order valence-electron chi connectivity index (χ1n) is 12.2. The summed E-state index contributed by atoms with van der Waals surface area (Å²) in [5.74, 6) is 1.19. The quantitative estimate of drug-likeness (QED) is 0.522. The molecule has 1 saturated heterocycles. The van der Waals surface area contributed by atoms with E-state index in [0.29, 0.717) is 37.6 Å². The molecule has 0 aliphatic carbocycles. The van der Waals surface area contributed by atoms with Gasteiger partial charge in [0, 0.05) is 35.6 Å². The van der Waals surface area contributed by atoms with Gasteiger partial charge in [-0.3, -0.25) is 9.59 Å². The molecular formula is C28H34N2O4. The van der Waals surface area contributed by atoms with Gasteiger partial charge in [0.2, 0.25) is 5.91 Å². The minimum Gasteiger partial charge on any atom is -0.494 e. The lowest BCUT2D eigenvalue weighted by molar-refractivity contribution is -0.121.